The summed E-state index contributed by atoms with van der Waals surface area (Å²) in [5, 5.41) is 5.33. The fourth-order valence-corrected chi connectivity index (χ4v) is 5.06. The van der Waals surface area contributed by atoms with Gasteiger partial charge in [-0.15, -0.1) is 0 Å². The Morgan fingerprint density at radius 3 is 2.40 bits per heavy atom. The first-order valence-electron chi connectivity index (χ1n) is 11.0. The molecular weight excluding hydrogens is 470 g/mol. The van der Waals surface area contributed by atoms with Gasteiger partial charge in [-0.1, -0.05) is 42.5 Å². The molecule has 0 aromatic heterocycles. The zero-order valence-corrected chi connectivity index (χ0v) is 19.8. The van der Waals surface area contributed by atoms with Gasteiger partial charge in [0.05, 0.1) is 23.7 Å². The highest BCUT2D eigenvalue weighted by Crippen LogP contribution is 2.37. The number of para-hydroxylation sites is 2. The Morgan fingerprint density at radius 1 is 1.00 bits per heavy atom. The van der Waals surface area contributed by atoms with Crippen LogP contribution in [-0.2, 0) is 26.1 Å². The third-order valence-corrected chi connectivity index (χ3v) is 7.09. The minimum absolute atomic E-state index is 0.00653. The third-order valence-electron chi connectivity index (χ3n) is 5.30. The minimum atomic E-state index is -4.04. The van der Waals surface area contributed by atoms with Crippen LogP contribution >= 0.6 is 0 Å². The first-order valence-corrected chi connectivity index (χ1v) is 12.5. The number of nitrogens with one attached hydrogen (secondary N) is 2. The largest absolute Gasteiger partial charge is 0.476 e. The second-order valence-electron chi connectivity index (χ2n) is 7.68. The maximum absolute atomic E-state index is 13.6. The number of hydrogen-bond acceptors (Lipinski definition) is 6. The molecule has 0 bridgehead atoms. The average Bonchev–Trinajstić information content (AvgIpc) is 2.87. The number of hydrogen-bond donors (Lipinski definition) is 2. The number of carbonyl (C=O) groups excluding carboxylic acids is 2. The van der Waals surface area contributed by atoms with Gasteiger partial charge >= 0.3 is 6.09 Å². The highest BCUT2D eigenvalue weighted by atomic mass is 32.2. The van der Waals surface area contributed by atoms with Gasteiger partial charge in [0.2, 0.25) is 0 Å². The standard InChI is InChI=1S/C25H25N3O6S/c1-2-33-25(30)27-19-12-14-20(15-13-19)35(31,32)28-17-23(34-22-11-7-6-10-21(22)28)24(29)26-16-18-8-4-3-5-9-18/h3-15,23H,2,16-17H2,1H3,(H,26,29)(H,27,30). The lowest BCUT2D eigenvalue weighted by Gasteiger charge is -2.34. The summed E-state index contributed by atoms with van der Waals surface area (Å²) in [6.07, 6.45) is -1.66. The van der Waals surface area contributed by atoms with Crippen molar-refractivity contribution >= 4 is 33.4 Å². The van der Waals surface area contributed by atoms with Crippen LogP contribution in [0.15, 0.2) is 83.8 Å². The molecule has 1 aliphatic rings. The van der Waals surface area contributed by atoms with Crippen molar-refractivity contribution in [3.63, 3.8) is 0 Å². The summed E-state index contributed by atoms with van der Waals surface area (Å²) >= 11 is 0. The smallest absolute Gasteiger partial charge is 0.411 e. The van der Waals surface area contributed by atoms with Gasteiger partial charge in [0.15, 0.2) is 6.10 Å². The van der Waals surface area contributed by atoms with E-state index in [4.69, 9.17) is 9.47 Å². The van der Waals surface area contributed by atoms with Gasteiger partial charge in [-0.3, -0.25) is 14.4 Å². The maximum atomic E-state index is 13.6. The van der Waals surface area contributed by atoms with Crippen molar-refractivity contribution in [1.82, 2.24) is 5.32 Å². The molecule has 3 aromatic rings. The van der Waals surface area contributed by atoms with Gasteiger partial charge in [0, 0.05) is 12.2 Å². The van der Waals surface area contributed by atoms with E-state index in [1.54, 1.807) is 31.2 Å². The molecule has 0 spiro atoms. The Bertz CT molecular complexity index is 1300. The molecule has 2 amide bonds. The lowest BCUT2D eigenvalue weighted by atomic mass is 10.2. The second-order valence-corrected chi connectivity index (χ2v) is 9.55. The Labute approximate surface area is 203 Å². The van der Waals surface area contributed by atoms with Crippen LogP contribution in [-0.4, -0.2) is 39.7 Å². The van der Waals surface area contributed by atoms with Crippen LogP contribution in [0.25, 0.3) is 0 Å². The van der Waals surface area contributed by atoms with E-state index in [0.717, 1.165) is 5.56 Å². The maximum Gasteiger partial charge on any atom is 0.411 e. The van der Waals surface area contributed by atoms with E-state index in [1.165, 1.54) is 28.6 Å². The van der Waals surface area contributed by atoms with E-state index in [0.29, 0.717) is 23.7 Å². The van der Waals surface area contributed by atoms with Crippen molar-refractivity contribution < 1.29 is 27.5 Å². The number of amides is 2. The highest BCUT2D eigenvalue weighted by molar-refractivity contribution is 7.92. The molecule has 10 heteroatoms. The van der Waals surface area contributed by atoms with E-state index in [9.17, 15) is 18.0 Å². The fraction of sp³-hybridized carbons (Fsp3) is 0.200. The molecule has 1 unspecified atom stereocenters. The van der Waals surface area contributed by atoms with Crippen LogP contribution in [0.5, 0.6) is 5.75 Å². The van der Waals surface area contributed by atoms with Crippen LogP contribution in [0.4, 0.5) is 16.2 Å². The molecule has 0 radical (unpaired) electrons. The van der Waals surface area contributed by atoms with Gasteiger partial charge < -0.3 is 14.8 Å². The Morgan fingerprint density at radius 2 is 1.69 bits per heavy atom. The van der Waals surface area contributed by atoms with E-state index in [1.807, 2.05) is 30.3 Å². The van der Waals surface area contributed by atoms with Crippen molar-refractivity contribution in [3.8, 4) is 5.75 Å². The molecule has 35 heavy (non-hydrogen) atoms. The number of anilines is 2. The second kappa shape index (κ2) is 10.5. The summed E-state index contributed by atoms with van der Waals surface area (Å²) in [5.74, 6) is -0.125. The molecule has 0 saturated heterocycles. The topological polar surface area (TPSA) is 114 Å². The van der Waals surface area contributed by atoms with Crippen molar-refractivity contribution in [1.29, 1.82) is 0 Å². The number of fused-ring (bicyclic) bond motifs is 1. The molecule has 1 heterocycles. The van der Waals surface area contributed by atoms with Gasteiger partial charge in [0.1, 0.15) is 5.75 Å². The first kappa shape index (κ1) is 24.1. The molecule has 2 N–H and O–H groups in total. The van der Waals surface area contributed by atoms with Crippen molar-refractivity contribution in [3.05, 3.63) is 84.4 Å². The summed E-state index contributed by atoms with van der Waals surface area (Å²) in [6, 6.07) is 21.8. The Kier molecular flexibility index (Phi) is 7.21. The number of carbonyl (C=O) groups is 2. The monoisotopic (exact) mass is 495 g/mol. The molecule has 0 saturated carbocycles. The minimum Gasteiger partial charge on any atom is -0.476 e. The van der Waals surface area contributed by atoms with Crippen LogP contribution in [0, 0.1) is 0 Å². The number of rotatable bonds is 7. The Balaban J connectivity index is 1.55. The summed E-state index contributed by atoms with van der Waals surface area (Å²) in [6.45, 7) is 2.01. The van der Waals surface area contributed by atoms with Crippen LogP contribution in [0.1, 0.15) is 12.5 Å². The predicted octanol–water partition coefficient (Wildman–Crippen LogP) is 3.53. The zero-order valence-electron chi connectivity index (χ0n) is 19.0. The van der Waals surface area contributed by atoms with Crippen molar-refractivity contribution in [2.45, 2.75) is 24.5 Å². The normalized spacial score (nSPS) is 14.9. The number of sulfonamides is 1. The van der Waals surface area contributed by atoms with Crippen LogP contribution in [0.2, 0.25) is 0 Å². The quantitative estimate of drug-likeness (QED) is 0.518. The van der Waals surface area contributed by atoms with Gasteiger partial charge in [-0.05, 0) is 48.9 Å². The third kappa shape index (κ3) is 5.55. The van der Waals surface area contributed by atoms with Crippen LogP contribution < -0.4 is 19.7 Å². The number of ether oxygens (including phenoxy) is 2. The van der Waals surface area contributed by atoms with E-state index >= 15 is 0 Å². The predicted molar refractivity (Wildman–Crippen MR) is 131 cm³/mol. The first-order chi connectivity index (χ1) is 16.9. The van der Waals surface area contributed by atoms with E-state index in [2.05, 4.69) is 10.6 Å². The van der Waals surface area contributed by atoms with Crippen LogP contribution in [0.3, 0.4) is 0 Å². The molecule has 1 aliphatic heterocycles. The fourth-order valence-electron chi connectivity index (χ4n) is 3.59. The van der Waals surface area contributed by atoms with Crippen molar-refractivity contribution in [2.75, 3.05) is 22.8 Å². The number of nitrogens with zero attached hydrogens (tertiary/aromatic N) is 1. The van der Waals surface area contributed by atoms with Gasteiger partial charge in [0.25, 0.3) is 15.9 Å². The average molecular weight is 496 g/mol. The molecule has 0 aliphatic carbocycles. The lowest BCUT2D eigenvalue weighted by Crippen LogP contribution is -2.50. The highest BCUT2D eigenvalue weighted by Gasteiger charge is 2.37. The van der Waals surface area contributed by atoms with E-state index in [-0.39, 0.29) is 18.0 Å². The Hall–Kier alpha value is -4.05. The zero-order chi connectivity index (χ0) is 24.8. The summed E-state index contributed by atoms with van der Waals surface area (Å²) in [4.78, 5) is 24.5. The molecule has 1 atom stereocenters. The summed E-state index contributed by atoms with van der Waals surface area (Å²) in [5.41, 5.74) is 1.65. The lowest BCUT2D eigenvalue weighted by molar-refractivity contribution is -0.127. The van der Waals surface area contributed by atoms with E-state index < -0.39 is 28.1 Å². The molecule has 9 nitrogen and oxygen atoms in total. The van der Waals surface area contributed by atoms with Gasteiger partial charge in [-0.25, -0.2) is 13.2 Å². The molecule has 182 valence electrons. The number of benzene rings is 3. The molecule has 4 rings (SSSR count). The van der Waals surface area contributed by atoms with Gasteiger partial charge in [-0.2, -0.15) is 0 Å². The molecule has 0 fully saturated rings. The molecule has 3 aromatic carbocycles. The summed E-state index contributed by atoms with van der Waals surface area (Å²) in [7, 11) is -4.04. The SMILES string of the molecule is CCOC(=O)Nc1ccc(S(=O)(=O)N2CC(C(=O)NCc3ccccc3)Oc3ccccc32)cc1. The van der Waals surface area contributed by atoms with Crippen molar-refractivity contribution in [2.24, 2.45) is 0 Å². The molecular formula is C25H25N3O6S. The summed E-state index contributed by atoms with van der Waals surface area (Å²) < 4.78 is 39.0.